The third-order valence-electron chi connectivity index (χ3n) is 4.62. The molecule has 2 aromatic carbocycles. The molecule has 0 unspecified atom stereocenters. The molecule has 3 nitrogen and oxygen atoms in total. The fraction of sp³-hybridized carbons (Fsp3) is 0.381. The molecule has 1 aliphatic carbocycles. The normalized spacial score (nSPS) is 16.2. The Kier molecular flexibility index (Phi) is 6.03. The van der Waals surface area contributed by atoms with Crippen molar-refractivity contribution in [3.63, 3.8) is 0 Å². The molecule has 1 aliphatic rings. The summed E-state index contributed by atoms with van der Waals surface area (Å²) < 4.78 is 10.4. The maximum absolute atomic E-state index is 13.0. The molecule has 0 amide bonds. The second kappa shape index (κ2) is 8.43. The number of hydrogen-bond acceptors (Lipinski definition) is 4. The van der Waals surface area contributed by atoms with Crippen molar-refractivity contribution in [3.05, 3.63) is 60.2 Å². The largest absolute Gasteiger partial charge is 0.497 e. The zero-order valence-electron chi connectivity index (χ0n) is 14.6. The van der Waals surface area contributed by atoms with Gasteiger partial charge in [-0.2, -0.15) is 0 Å². The molecule has 1 saturated carbocycles. The van der Waals surface area contributed by atoms with Gasteiger partial charge in [0.1, 0.15) is 17.1 Å². The fourth-order valence-electron chi connectivity index (χ4n) is 3.19. The molecular weight excluding hydrogens is 332 g/mol. The molecule has 3 rings (SSSR count). The van der Waals surface area contributed by atoms with Crippen LogP contribution in [0, 0.1) is 0 Å². The standard InChI is InChI=1S/C21H24O3S/c1-23-18-12-10-17(11-13-18)16-24-20(22)21(14-6-3-7-15-21)25-19-8-4-2-5-9-19/h2,4-5,8-13H,3,6-7,14-16H2,1H3. The van der Waals surface area contributed by atoms with Crippen LogP contribution in [0.15, 0.2) is 59.5 Å². The number of hydrogen-bond donors (Lipinski definition) is 0. The maximum atomic E-state index is 13.0. The Labute approximate surface area is 153 Å². The lowest BCUT2D eigenvalue weighted by Gasteiger charge is -2.34. The molecule has 0 spiro atoms. The van der Waals surface area contributed by atoms with E-state index in [1.807, 2.05) is 42.5 Å². The van der Waals surface area contributed by atoms with Crippen LogP contribution in [0.3, 0.4) is 0 Å². The van der Waals surface area contributed by atoms with Gasteiger partial charge in [0.25, 0.3) is 0 Å². The van der Waals surface area contributed by atoms with Gasteiger partial charge in [0.2, 0.25) is 0 Å². The van der Waals surface area contributed by atoms with E-state index in [0.717, 1.165) is 41.9 Å². The molecular formula is C21H24O3S. The van der Waals surface area contributed by atoms with Crippen molar-refractivity contribution >= 4 is 17.7 Å². The predicted octanol–water partition coefficient (Wildman–Crippen LogP) is 5.23. The molecule has 0 saturated heterocycles. The van der Waals surface area contributed by atoms with E-state index in [2.05, 4.69) is 12.1 Å². The minimum atomic E-state index is -0.452. The van der Waals surface area contributed by atoms with E-state index in [4.69, 9.17) is 9.47 Å². The highest BCUT2D eigenvalue weighted by atomic mass is 32.2. The average molecular weight is 356 g/mol. The Balaban J connectivity index is 1.68. The van der Waals surface area contributed by atoms with E-state index in [9.17, 15) is 4.79 Å². The van der Waals surface area contributed by atoms with E-state index in [1.165, 1.54) is 6.42 Å². The number of methoxy groups -OCH3 is 1. The molecule has 25 heavy (non-hydrogen) atoms. The third-order valence-corrected chi connectivity index (χ3v) is 6.09. The van der Waals surface area contributed by atoms with E-state index in [-0.39, 0.29) is 5.97 Å². The molecule has 2 aromatic rings. The summed E-state index contributed by atoms with van der Waals surface area (Å²) in [5, 5.41) is 0. The van der Waals surface area contributed by atoms with Gasteiger partial charge in [-0.15, -0.1) is 11.8 Å². The molecule has 0 bridgehead atoms. The second-order valence-electron chi connectivity index (χ2n) is 6.39. The summed E-state index contributed by atoms with van der Waals surface area (Å²) in [4.78, 5) is 14.1. The first-order valence-electron chi connectivity index (χ1n) is 8.76. The quantitative estimate of drug-likeness (QED) is 0.664. The molecule has 132 valence electrons. The number of carbonyl (C=O) groups excluding carboxylic acids is 1. The van der Waals surface area contributed by atoms with Gasteiger partial charge in [0.15, 0.2) is 0 Å². The van der Waals surface area contributed by atoms with Crippen LogP contribution < -0.4 is 4.74 Å². The van der Waals surface area contributed by atoms with Crippen LogP contribution in [0.25, 0.3) is 0 Å². The zero-order valence-corrected chi connectivity index (χ0v) is 15.4. The first kappa shape index (κ1) is 17.9. The molecule has 0 aliphatic heterocycles. The monoisotopic (exact) mass is 356 g/mol. The highest BCUT2D eigenvalue weighted by Gasteiger charge is 2.42. The van der Waals surface area contributed by atoms with Crippen LogP contribution in [0.2, 0.25) is 0 Å². The Hall–Kier alpha value is -1.94. The minimum Gasteiger partial charge on any atom is -0.497 e. The van der Waals surface area contributed by atoms with Gasteiger partial charge < -0.3 is 9.47 Å². The second-order valence-corrected chi connectivity index (χ2v) is 7.85. The Bertz CT molecular complexity index is 676. The summed E-state index contributed by atoms with van der Waals surface area (Å²) in [7, 11) is 1.64. The molecule has 0 heterocycles. The Morgan fingerprint density at radius 1 is 1.00 bits per heavy atom. The summed E-state index contributed by atoms with van der Waals surface area (Å²) in [6, 6.07) is 17.8. The van der Waals surface area contributed by atoms with E-state index in [0.29, 0.717) is 6.61 Å². The number of rotatable bonds is 6. The Morgan fingerprint density at radius 3 is 2.32 bits per heavy atom. The highest BCUT2D eigenvalue weighted by molar-refractivity contribution is 8.01. The van der Waals surface area contributed by atoms with Crippen molar-refractivity contribution in [2.45, 2.75) is 48.4 Å². The van der Waals surface area contributed by atoms with Crippen LogP contribution in [0.5, 0.6) is 5.75 Å². The van der Waals surface area contributed by atoms with Crippen LogP contribution in [-0.2, 0) is 16.1 Å². The van der Waals surface area contributed by atoms with Gasteiger partial charge >= 0.3 is 5.97 Å². The van der Waals surface area contributed by atoms with Crippen LogP contribution in [0.1, 0.15) is 37.7 Å². The first-order valence-corrected chi connectivity index (χ1v) is 9.58. The van der Waals surface area contributed by atoms with Gasteiger partial charge in [-0.05, 0) is 42.7 Å². The average Bonchev–Trinajstić information content (AvgIpc) is 2.68. The molecule has 0 radical (unpaired) electrons. The number of thioether (sulfide) groups is 1. The zero-order chi connectivity index (χ0) is 17.5. The molecule has 0 aromatic heterocycles. The van der Waals surface area contributed by atoms with Crippen molar-refractivity contribution in [2.24, 2.45) is 0 Å². The summed E-state index contributed by atoms with van der Waals surface area (Å²) in [6.07, 6.45) is 5.12. The Morgan fingerprint density at radius 2 is 1.68 bits per heavy atom. The van der Waals surface area contributed by atoms with Crippen molar-refractivity contribution in [1.82, 2.24) is 0 Å². The summed E-state index contributed by atoms with van der Waals surface area (Å²) in [5.74, 6) is 0.718. The van der Waals surface area contributed by atoms with Gasteiger partial charge in [-0.3, -0.25) is 4.79 Å². The number of carbonyl (C=O) groups is 1. The maximum Gasteiger partial charge on any atom is 0.322 e. The lowest BCUT2D eigenvalue weighted by molar-refractivity contribution is -0.148. The fourth-order valence-corrected chi connectivity index (χ4v) is 4.57. The molecule has 0 atom stereocenters. The summed E-state index contributed by atoms with van der Waals surface area (Å²) in [5.41, 5.74) is 0.977. The minimum absolute atomic E-state index is 0.0862. The number of benzene rings is 2. The van der Waals surface area contributed by atoms with Gasteiger partial charge in [-0.25, -0.2) is 0 Å². The van der Waals surface area contributed by atoms with E-state index in [1.54, 1.807) is 18.9 Å². The molecule has 1 fully saturated rings. The van der Waals surface area contributed by atoms with Gasteiger partial charge in [-0.1, -0.05) is 49.6 Å². The van der Waals surface area contributed by atoms with Crippen molar-refractivity contribution in [1.29, 1.82) is 0 Å². The first-order chi connectivity index (χ1) is 12.2. The van der Waals surface area contributed by atoms with Crippen molar-refractivity contribution < 1.29 is 14.3 Å². The summed E-state index contributed by atoms with van der Waals surface area (Å²) in [6.45, 7) is 0.305. The lowest BCUT2D eigenvalue weighted by atomic mass is 9.88. The lowest BCUT2D eigenvalue weighted by Crippen LogP contribution is -2.38. The van der Waals surface area contributed by atoms with Gasteiger partial charge in [0, 0.05) is 4.90 Å². The molecule has 4 heteroatoms. The predicted molar refractivity (Wildman–Crippen MR) is 101 cm³/mol. The van der Waals surface area contributed by atoms with Crippen molar-refractivity contribution in [3.8, 4) is 5.75 Å². The third kappa shape index (κ3) is 4.57. The smallest absolute Gasteiger partial charge is 0.322 e. The van der Waals surface area contributed by atoms with Crippen LogP contribution >= 0.6 is 11.8 Å². The highest BCUT2D eigenvalue weighted by Crippen LogP contribution is 2.44. The van der Waals surface area contributed by atoms with Crippen molar-refractivity contribution in [2.75, 3.05) is 7.11 Å². The van der Waals surface area contributed by atoms with E-state index < -0.39 is 4.75 Å². The summed E-state index contributed by atoms with van der Waals surface area (Å²) >= 11 is 1.67. The van der Waals surface area contributed by atoms with Crippen LogP contribution in [-0.4, -0.2) is 17.8 Å². The topological polar surface area (TPSA) is 35.5 Å². The SMILES string of the molecule is COc1ccc(COC(=O)C2(Sc3ccccc3)CCCCC2)cc1. The van der Waals surface area contributed by atoms with E-state index >= 15 is 0 Å². The molecule has 0 N–H and O–H groups in total. The number of esters is 1. The van der Waals surface area contributed by atoms with Crippen LogP contribution in [0.4, 0.5) is 0 Å². The number of ether oxygens (including phenoxy) is 2. The van der Waals surface area contributed by atoms with Gasteiger partial charge in [0.05, 0.1) is 7.11 Å².